The van der Waals surface area contributed by atoms with Crippen LogP contribution in [0.2, 0.25) is 0 Å². The summed E-state index contributed by atoms with van der Waals surface area (Å²) in [5.74, 6) is 0.356. The molecule has 0 aliphatic heterocycles. The summed E-state index contributed by atoms with van der Waals surface area (Å²) in [7, 11) is 1.54. The van der Waals surface area contributed by atoms with E-state index in [0.29, 0.717) is 40.1 Å². The van der Waals surface area contributed by atoms with E-state index in [1.807, 2.05) is 50.2 Å². The van der Waals surface area contributed by atoms with Crippen molar-refractivity contribution in [2.45, 2.75) is 45.6 Å². The average Bonchev–Trinajstić information content (AvgIpc) is 3.76. The summed E-state index contributed by atoms with van der Waals surface area (Å²) in [5.41, 5.74) is 5.81. The van der Waals surface area contributed by atoms with Gasteiger partial charge in [-0.15, -0.1) is 0 Å². The summed E-state index contributed by atoms with van der Waals surface area (Å²) in [4.78, 5) is 20.9. The van der Waals surface area contributed by atoms with Crippen LogP contribution in [0.3, 0.4) is 0 Å². The van der Waals surface area contributed by atoms with Crippen molar-refractivity contribution in [2.75, 3.05) is 7.11 Å². The van der Waals surface area contributed by atoms with Crippen molar-refractivity contribution in [2.24, 2.45) is 5.92 Å². The molecule has 4 aromatic rings. The van der Waals surface area contributed by atoms with Crippen LogP contribution in [0.4, 0.5) is 4.39 Å². The van der Waals surface area contributed by atoms with Crippen LogP contribution in [0.25, 0.3) is 22.5 Å². The molecule has 39 heavy (non-hydrogen) atoms. The third-order valence-corrected chi connectivity index (χ3v) is 7.00. The van der Waals surface area contributed by atoms with Gasteiger partial charge in [0.15, 0.2) is 0 Å². The number of hydrogen-bond acceptors (Lipinski definition) is 5. The van der Waals surface area contributed by atoms with Crippen LogP contribution in [0, 0.1) is 25.6 Å². The Morgan fingerprint density at radius 1 is 1.03 bits per heavy atom. The van der Waals surface area contributed by atoms with Crippen molar-refractivity contribution in [3.8, 4) is 34.0 Å². The van der Waals surface area contributed by atoms with Gasteiger partial charge in [-0.25, -0.2) is 9.37 Å². The molecule has 1 heterocycles. The van der Waals surface area contributed by atoms with Gasteiger partial charge in [-0.05, 0) is 86.6 Å². The largest absolute Gasteiger partial charge is 0.497 e. The fraction of sp³-hybridized carbons (Fsp3) is 0.281. The monoisotopic (exact) mass is 526 g/mol. The molecule has 1 saturated carbocycles. The van der Waals surface area contributed by atoms with Crippen LogP contribution in [-0.4, -0.2) is 28.2 Å². The fourth-order valence-corrected chi connectivity index (χ4v) is 5.05. The number of methoxy groups -OCH3 is 1. The molecule has 0 radical (unpaired) electrons. The third kappa shape index (κ3) is 6.25. The average molecular weight is 527 g/mol. The van der Waals surface area contributed by atoms with Crippen molar-refractivity contribution in [1.82, 2.24) is 9.97 Å². The van der Waals surface area contributed by atoms with Crippen molar-refractivity contribution >= 4 is 5.97 Å². The van der Waals surface area contributed by atoms with Gasteiger partial charge in [-0.3, -0.25) is 9.78 Å². The lowest BCUT2D eigenvalue weighted by molar-refractivity contribution is -0.137. The van der Waals surface area contributed by atoms with Crippen LogP contribution in [0.1, 0.15) is 47.6 Å². The first-order chi connectivity index (χ1) is 18.8. The van der Waals surface area contributed by atoms with E-state index in [9.17, 15) is 14.3 Å². The Bertz CT molecular complexity index is 1500. The summed E-state index contributed by atoms with van der Waals surface area (Å²) in [6.07, 6.45) is 3.82. The van der Waals surface area contributed by atoms with E-state index < -0.39 is 11.8 Å². The third-order valence-electron chi connectivity index (χ3n) is 7.00. The molecule has 0 amide bonds. The lowest BCUT2D eigenvalue weighted by Crippen LogP contribution is -2.09. The lowest BCUT2D eigenvalue weighted by Gasteiger charge is -2.16. The predicted octanol–water partition coefficient (Wildman–Crippen LogP) is 7.12. The van der Waals surface area contributed by atoms with Crippen molar-refractivity contribution in [3.05, 3.63) is 95.1 Å². The normalized spacial score (nSPS) is 13.6. The maximum atomic E-state index is 15.0. The Balaban J connectivity index is 1.47. The molecule has 0 spiro atoms. The molecule has 200 valence electrons. The summed E-state index contributed by atoms with van der Waals surface area (Å²) in [6, 6.07) is 18.3. The van der Waals surface area contributed by atoms with Gasteiger partial charge in [0.2, 0.25) is 0 Å². The van der Waals surface area contributed by atoms with Gasteiger partial charge in [0, 0.05) is 11.1 Å². The summed E-state index contributed by atoms with van der Waals surface area (Å²) >= 11 is 0. The molecule has 1 aromatic heterocycles. The zero-order valence-corrected chi connectivity index (χ0v) is 22.3. The van der Waals surface area contributed by atoms with E-state index in [4.69, 9.17) is 14.5 Å². The molecular formula is C32H31FN2O4. The van der Waals surface area contributed by atoms with Crippen molar-refractivity contribution < 1.29 is 23.8 Å². The maximum Gasteiger partial charge on any atom is 0.303 e. The van der Waals surface area contributed by atoms with E-state index in [1.165, 1.54) is 13.2 Å². The molecule has 6 nitrogen and oxygen atoms in total. The van der Waals surface area contributed by atoms with E-state index in [1.54, 1.807) is 18.3 Å². The van der Waals surface area contributed by atoms with Crippen LogP contribution >= 0.6 is 0 Å². The molecule has 0 saturated heterocycles. The molecule has 5 rings (SSSR count). The van der Waals surface area contributed by atoms with Gasteiger partial charge in [0.05, 0.1) is 36.8 Å². The van der Waals surface area contributed by atoms with E-state index in [2.05, 4.69) is 11.1 Å². The first kappa shape index (κ1) is 26.4. The van der Waals surface area contributed by atoms with Gasteiger partial charge < -0.3 is 14.6 Å². The van der Waals surface area contributed by atoms with E-state index >= 15 is 0 Å². The maximum absolute atomic E-state index is 15.0. The topological polar surface area (TPSA) is 81.5 Å². The number of aromatic nitrogens is 2. The van der Waals surface area contributed by atoms with Gasteiger partial charge in [0.1, 0.15) is 23.9 Å². The van der Waals surface area contributed by atoms with Crippen molar-refractivity contribution in [3.63, 3.8) is 0 Å². The molecule has 1 aliphatic carbocycles. The van der Waals surface area contributed by atoms with Crippen LogP contribution < -0.4 is 9.47 Å². The SMILES string of the molecule is COc1ccc(F)c(-c2ncc(COc3cccc([C@@H](CC(=O)O)C4CC4)c3)nc2-c2cc(C)cc(C)c2)c1. The highest BCUT2D eigenvalue weighted by atomic mass is 19.1. The number of halogens is 1. The number of hydrogen-bond donors (Lipinski definition) is 1. The molecule has 3 aromatic carbocycles. The number of carbonyl (C=O) groups is 1. The summed E-state index contributed by atoms with van der Waals surface area (Å²) < 4.78 is 26.4. The standard InChI is InChI=1S/C32H31FN2O4/c1-19-11-20(2)13-23(12-19)31-32(28-15-25(38-3)9-10-29(28)33)34-17-24(35-31)18-39-26-6-4-5-22(14-26)27(16-30(36)37)21-7-8-21/h4-6,9-15,17,21,27H,7-8,16,18H2,1-3H3,(H,36,37)/t27-/m0/s1. The number of rotatable bonds is 10. The van der Waals surface area contributed by atoms with E-state index in [-0.39, 0.29) is 18.9 Å². The highest BCUT2D eigenvalue weighted by molar-refractivity contribution is 5.79. The molecule has 0 unspecified atom stereocenters. The zero-order valence-electron chi connectivity index (χ0n) is 22.3. The number of ether oxygens (including phenoxy) is 2. The minimum atomic E-state index is -0.792. The van der Waals surface area contributed by atoms with Crippen molar-refractivity contribution in [1.29, 1.82) is 0 Å². The van der Waals surface area contributed by atoms with Gasteiger partial charge >= 0.3 is 5.97 Å². The number of nitrogens with zero attached hydrogens (tertiary/aromatic N) is 2. The minimum absolute atomic E-state index is 0.0148. The highest BCUT2D eigenvalue weighted by Gasteiger charge is 2.33. The summed E-state index contributed by atoms with van der Waals surface area (Å²) in [6.45, 7) is 4.17. The predicted molar refractivity (Wildman–Crippen MR) is 147 cm³/mol. The molecule has 1 atom stereocenters. The van der Waals surface area contributed by atoms with Gasteiger partial charge in [-0.1, -0.05) is 29.3 Å². The number of benzene rings is 3. The molecule has 7 heteroatoms. The number of aryl methyl sites for hydroxylation is 2. The Morgan fingerprint density at radius 2 is 1.79 bits per heavy atom. The Morgan fingerprint density at radius 3 is 2.49 bits per heavy atom. The van der Waals surface area contributed by atoms with Crippen LogP contribution in [0.15, 0.2) is 66.9 Å². The van der Waals surface area contributed by atoms with E-state index in [0.717, 1.165) is 35.1 Å². The quantitative estimate of drug-likeness (QED) is 0.237. The van der Waals surface area contributed by atoms with Gasteiger partial charge in [0.25, 0.3) is 0 Å². The molecule has 1 aliphatic rings. The number of carboxylic acid groups (broad SMARTS) is 1. The first-order valence-corrected chi connectivity index (χ1v) is 13.0. The highest BCUT2D eigenvalue weighted by Crippen LogP contribution is 2.45. The Labute approximate surface area is 227 Å². The summed E-state index contributed by atoms with van der Waals surface area (Å²) in [5, 5.41) is 9.37. The van der Waals surface area contributed by atoms with Gasteiger partial charge in [-0.2, -0.15) is 0 Å². The fourth-order valence-electron chi connectivity index (χ4n) is 5.05. The Hall–Kier alpha value is -4.26. The second kappa shape index (κ2) is 11.2. The van der Waals surface area contributed by atoms with Crippen LogP contribution in [-0.2, 0) is 11.4 Å². The number of aliphatic carboxylic acids is 1. The lowest BCUT2D eigenvalue weighted by atomic mass is 9.91. The molecular weight excluding hydrogens is 495 g/mol. The Kier molecular flexibility index (Phi) is 7.59. The molecule has 0 bridgehead atoms. The minimum Gasteiger partial charge on any atom is -0.497 e. The second-order valence-electron chi connectivity index (χ2n) is 10.2. The zero-order chi connectivity index (χ0) is 27.5. The molecule has 1 N–H and O–H groups in total. The second-order valence-corrected chi connectivity index (χ2v) is 10.2. The van der Waals surface area contributed by atoms with Crippen LogP contribution in [0.5, 0.6) is 11.5 Å². The number of carboxylic acids is 1. The molecule has 1 fully saturated rings. The first-order valence-electron chi connectivity index (χ1n) is 13.0. The smallest absolute Gasteiger partial charge is 0.303 e.